The predicted molar refractivity (Wildman–Crippen MR) is 122 cm³/mol. The molecule has 1 N–H and O–H groups in total. The molecule has 1 saturated heterocycles. The lowest BCUT2D eigenvalue weighted by Gasteiger charge is -2.31. The van der Waals surface area contributed by atoms with Crippen LogP contribution >= 0.6 is 0 Å². The van der Waals surface area contributed by atoms with Gasteiger partial charge in [0.25, 0.3) is 0 Å². The predicted octanol–water partition coefficient (Wildman–Crippen LogP) is 4.48. The third kappa shape index (κ3) is 5.82. The van der Waals surface area contributed by atoms with Crippen molar-refractivity contribution in [2.45, 2.75) is 50.8 Å². The fourth-order valence-electron chi connectivity index (χ4n) is 3.94. The second-order valence-corrected chi connectivity index (χ2v) is 8.28. The van der Waals surface area contributed by atoms with Gasteiger partial charge in [-0.1, -0.05) is 91.0 Å². The highest BCUT2D eigenvalue weighted by atomic mass is 16.7. The van der Waals surface area contributed by atoms with E-state index in [0.29, 0.717) is 19.8 Å². The van der Waals surface area contributed by atoms with Crippen LogP contribution in [0.25, 0.3) is 0 Å². The quantitative estimate of drug-likeness (QED) is 0.510. The Kier molecular flexibility index (Phi) is 7.68. The van der Waals surface area contributed by atoms with Crippen LogP contribution in [-0.4, -0.2) is 35.8 Å². The molecule has 5 nitrogen and oxygen atoms in total. The molecular weight excluding hydrogens is 404 g/mol. The van der Waals surface area contributed by atoms with E-state index in [1.807, 2.05) is 97.9 Å². The fourth-order valence-corrected chi connectivity index (χ4v) is 3.94. The molecule has 0 radical (unpaired) electrons. The SMILES string of the molecule is C[C@]1(COCc2ccccc2)O[C@@H](O)[C@H](OCc2ccccc2)[C@@H]1OCc1ccccc1. The van der Waals surface area contributed by atoms with Gasteiger partial charge in [0.15, 0.2) is 6.29 Å². The summed E-state index contributed by atoms with van der Waals surface area (Å²) in [6.07, 6.45) is -2.24. The molecule has 5 heteroatoms. The Bertz CT molecular complexity index is 934. The van der Waals surface area contributed by atoms with Gasteiger partial charge in [-0.3, -0.25) is 0 Å². The Morgan fingerprint density at radius 1 is 0.719 bits per heavy atom. The van der Waals surface area contributed by atoms with Gasteiger partial charge in [0.1, 0.15) is 17.8 Å². The van der Waals surface area contributed by atoms with E-state index in [1.165, 1.54) is 0 Å². The molecule has 168 valence electrons. The first kappa shape index (κ1) is 22.6. The number of ether oxygens (including phenoxy) is 4. The van der Waals surface area contributed by atoms with E-state index >= 15 is 0 Å². The molecule has 0 spiro atoms. The summed E-state index contributed by atoms with van der Waals surface area (Å²) in [4.78, 5) is 0. The van der Waals surface area contributed by atoms with E-state index in [0.717, 1.165) is 16.7 Å². The van der Waals surface area contributed by atoms with Crippen LogP contribution in [0.1, 0.15) is 23.6 Å². The molecule has 0 saturated carbocycles. The highest BCUT2D eigenvalue weighted by molar-refractivity contribution is 5.15. The van der Waals surface area contributed by atoms with Gasteiger partial charge in [-0.2, -0.15) is 0 Å². The van der Waals surface area contributed by atoms with Crippen LogP contribution in [0.15, 0.2) is 91.0 Å². The van der Waals surface area contributed by atoms with E-state index in [9.17, 15) is 5.11 Å². The molecule has 32 heavy (non-hydrogen) atoms. The van der Waals surface area contributed by atoms with E-state index in [1.54, 1.807) is 0 Å². The van der Waals surface area contributed by atoms with Gasteiger partial charge in [-0.25, -0.2) is 0 Å². The first-order chi connectivity index (χ1) is 15.6. The molecule has 0 amide bonds. The highest BCUT2D eigenvalue weighted by Gasteiger charge is 2.54. The van der Waals surface area contributed by atoms with Crippen molar-refractivity contribution in [3.63, 3.8) is 0 Å². The van der Waals surface area contributed by atoms with Gasteiger partial charge in [0.2, 0.25) is 0 Å². The molecule has 1 heterocycles. The van der Waals surface area contributed by atoms with Gasteiger partial charge in [0, 0.05) is 0 Å². The number of aliphatic hydroxyl groups is 1. The number of hydrogen-bond acceptors (Lipinski definition) is 5. The zero-order valence-corrected chi connectivity index (χ0v) is 18.3. The van der Waals surface area contributed by atoms with Crippen molar-refractivity contribution in [1.82, 2.24) is 0 Å². The summed E-state index contributed by atoms with van der Waals surface area (Å²) in [7, 11) is 0. The molecule has 0 aromatic heterocycles. The summed E-state index contributed by atoms with van der Waals surface area (Å²) < 4.78 is 24.3. The van der Waals surface area contributed by atoms with Gasteiger partial charge < -0.3 is 24.1 Å². The van der Waals surface area contributed by atoms with Crippen molar-refractivity contribution < 1.29 is 24.1 Å². The highest BCUT2D eigenvalue weighted by Crippen LogP contribution is 2.36. The molecular formula is C27H30O5. The molecule has 0 aliphatic carbocycles. The monoisotopic (exact) mass is 434 g/mol. The standard InChI is InChI=1S/C27H30O5/c1-27(20-29-17-21-11-5-2-6-12-21)25(31-19-23-15-9-4-10-16-23)24(26(28)32-27)30-18-22-13-7-3-8-14-22/h2-16,24-26,28H,17-20H2,1H3/t24-,25+,26-,27-/m1/s1. The van der Waals surface area contributed by atoms with Gasteiger partial charge in [0.05, 0.1) is 26.4 Å². The molecule has 1 fully saturated rings. The molecule has 0 bridgehead atoms. The Labute approximate surface area is 189 Å². The first-order valence-electron chi connectivity index (χ1n) is 10.9. The minimum atomic E-state index is -1.11. The summed E-state index contributed by atoms with van der Waals surface area (Å²) >= 11 is 0. The summed E-state index contributed by atoms with van der Waals surface area (Å²) in [5.74, 6) is 0. The number of rotatable bonds is 10. The Morgan fingerprint density at radius 2 is 1.19 bits per heavy atom. The molecule has 0 unspecified atom stereocenters. The van der Waals surface area contributed by atoms with Crippen LogP contribution in [-0.2, 0) is 38.8 Å². The Balaban J connectivity index is 1.45. The zero-order valence-electron chi connectivity index (χ0n) is 18.3. The normalized spacial score (nSPS) is 25.1. The molecule has 3 aromatic rings. The van der Waals surface area contributed by atoms with Gasteiger partial charge in [-0.05, 0) is 23.6 Å². The van der Waals surface area contributed by atoms with Gasteiger partial charge in [-0.15, -0.1) is 0 Å². The van der Waals surface area contributed by atoms with Gasteiger partial charge >= 0.3 is 0 Å². The maximum Gasteiger partial charge on any atom is 0.184 e. The minimum Gasteiger partial charge on any atom is -0.374 e. The Hall–Kier alpha value is -2.54. The lowest BCUT2D eigenvalue weighted by Crippen LogP contribution is -2.47. The van der Waals surface area contributed by atoms with Crippen molar-refractivity contribution >= 4 is 0 Å². The van der Waals surface area contributed by atoms with E-state index < -0.39 is 24.1 Å². The smallest absolute Gasteiger partial charge is 0.184 e. The van der Waals surface area contributed by atoms with E-state index in [-0.39, 0.29) is 6.61 Å². The van der Waals surface area contributed by atoms with Crippen LogP contribution < -0.4 is 0 Å². The van der Waals surface area contributed by atoms with Crippen LogP contribution in [0.4, 0.5) is 0 Å². The maximum atomic E-state index is 10.7. The second kappa shape index (κ2) is 10.9. The average Bonchev–Trinajstić information content (AvgIpc) is 3.07. The van der Waals surface area contributed by atoms with Crippen LogP contribution in [0.3, 0.4) is 0 Å². The van der Waals surface area contributed by atoms with Crippen LogP contribution in [0, 0.1) is 0 Å². The van der Waals surface area contributed by atoms with Crippen LogP contribution in [0.5, 0.6) is 0 Å². The summed E-state index contributed by atoms with van der Waals surface area (Å²) in [6, 6.07) is 29.8. The second-order valence-electron chi connectivity index (χ2n) is 8.28. The lowest BCUT2D eigenvalue weighted by molar-refractivity contribution is -0.181. The lowest BCUT2D eigenvalue weighted by atomic mass is 9.98. The average molecular weight is 435 g/mol. The van der Waals surface area contributed by atoms with Crippen molar-refractivity contribution in [2.24, 2.45) is 0 Å². The van der Waals surface area contributed by atoms with Crippen molar-refractivity contribution in [3.8, 4) is 0 Å². The molecule has 4 rings (SSSR count). The largest absolute Gasteiger partial charge is 0.374 e. The molecule has 3 aromatic carbocycles. The molecule has 4 atom stereocenters. The van der Waals surface area contributed by atoms with Crippen LogP contribution in [0.2, 0.25) is 0 Å². The van der Waals surface area contributed by atoms with Crippen molar-refractivity contribution in [2.75, 3.05) is 6.61 Å². The third-order valence-corrected chi connectivity index (χ3v) is 5.63. The topological polar surface area (TPSA) is 57.2 Å². The number of benzene rings is 3. The fraction of sp³-hybridized carbons (Fsp3) is 0.333. The first-order valence-corrected chi connectivity index (χ1v) is 10.9. The zero-order chi connectivity index (χ0) is 22.2. The third-order valence-electron chi connectivity index (χ3n) is 5.63. The van der Waals surface area contributed by atoms with E-state index in [2.05, 4.69) is 0 Å². The number of aliphatic hydroxyl groups excluding tert-OH is 1. The molecule has 1 aliphatic rings. The minimum absolute atomic E-state index is 0.267. The summed E-state index contributed by atoms with van der Waals surface area (Å²) in [6.45, 7) is 3.38. The van der Waals surface area contributed by atoms with Crippen molar-refractivity contribution in [1.29, 1.82) is 0 Å². The summed E-state index contributed by atoms with van der Waals surface area (Å²) in [5.41, 5.74) is 2.29. The Morgan fingerprint density at radius 3 is 1.72 bits per heavy atom. The van der Waals surface area contributed by atoms with Crippen molar-refractivity contribution in [3.05, 3.63) is 108 Å². The molecule has 1 aliphatic heterocycles. The number of hydrogen-bond donors (Lipinski definition) is 1. The maximum absolute atomic E-state index is 10.7. The summed E-state index contributed by atoms with van der Waals surface area (Å²) in [5, 5.41) is 10.7. The van der Waals surface area contributed by atoms with E-state index in [4.69, 9.17) is 18.9 Å².